The van der Waals surface area contributed by atoms with Crippen LogP contribution in [0.15, 0.2) is 29.2 Å². The molecule has 3 nitrogen and oxygen atoms in total. The van der Waals surface area contributed by atoms with Crippen LogP contribution in [0.25, 0.3) is 0 Å². The number of nitrogens with one attached hydrogen (secondary N) is 2. The number of benzene rings is 1. The predicted octanol–water partition coefficient (Wildman–Crippen LogP) is 4.35. The molecule has 0 radical (unpaired) electrons. The van der Waals surface area contributed by atoms with Gasteiger partial charge in [-0.15, -0.1) is 11.8 Å². The van der Waals surface area contributed by atoms with Crippen molar-refractivity contribution < 1.29 is 4.79 Å². The maximum absolute atomic E-state index is 12.4. The summed E-state index contributed by atoms with van der Waals surface area (Å²) in [4.78, 5) is 13.6. The number of hydrogen-bond acceptors (Lipinski definition) is 2. The summed E-state index contributed by atoms with van der Waals surface area (Å²) in [5, 5.41) is 6.35. The van der Waals surface area contributed by atoms with Gasteiger partial charge in [0.15, 0.2) is 0 Å². The lowest BCUT2D eigenvalue weighted by atomic mass is 9.54. The van der Waals surface area contributed by atoms with Crippen molar-refractivity contribution in [1.82, 2.24) is 5.32 Å². The van der Waals surface area contributed by atoms with Crippen molar-refractivity contribution in [2.45, 2.75) is 43.0 Å². The normalized spacial score (nSPS) is 35.4. The number of amides is 2. The molecule has 0 saturated heterocycles. The van der Waals surface area contributed by atoms with Crippen LogP contribution in [0, 0.1) is 23.7 Å². The molecule has 1 aromatic carbocycles. The lowest BCUT2D eigenvalue weighted by Crippen LogP contribution is -2.56. The zero-order valence-corrected chi connectivity index (χ0v) is 13.9. The van der Waals surface area contributed by atoms with Crippen LogP contribution in [0.1, 0.15) is 32.1 Å². The van der Waals surface area contributed by atoms with E-state index >= 15 is 0 Å². The van der Waals surface area contributed by atoms with Gasteiger partial charge in [0.2, 0.25) is 0 Å². The third-order valence-electron chi connectivity index (χ3n) is 5.88. The predicted molar refractivity (Wildman–Crippen MR) is 91.2 cm³/mol. The summed E-state index contributed by atoms with van der Waals surface area (Å²) in [7, 11) is 0. The van der Waals surface area contributed by atoms with Crippen LogP contribution in [0.2, 0.25) is 0 Å². The first-order valence-electron chi connectivity index (χ1n) is 8.43. The highest BCUT2D eigenvalue weighted by Crippen LogP contribution is 2.53. The fraction of sp³-hybridized carbons (Fsp3) is 0.611. The number of carbonyl (C=O) groups excluding carboxylic acids is 1. The summed E-state index contributed by atoms with van der Waals surface area (Å²) < 4.78 is 0. The average molecular weight is 316 g/mol. The lowest BCUT2D eigenvalue weighted by Gasteiger charge is -2.54. The summed E-state index contributed by atoms with van der Waals surface area (Å²) in [6.07, 6.45) is 8.82. The van der Waals surface area contributed by atoms with E-state index in [1.54, 1.807) is 11.8 Å². The van der Waals surface area contributed by atoms with E-state index in [1.165, 1.54) is 32.1 Å². The standard InChI is InChI=1S/C18H24N2OS/c1-22-16-5-3-2-4-15(16)19-18(21)20-17-13-7-11-6-12(9-13)10-14(17)8-11/h2-5,11-14,17H,6-10H2,1H3,(H2,19,20,21). The van der Waals surface area contributed by atoms with Crippen LogP contribution >= 0.6 is 11.8 Å². The number of hydrogen-bond donors (Lipinski definition) is 2. The Morgan fingerprint density at radius 1 is 1.05 bits per heavy atom. The summed E-state index contributed by atoms with van der Waals surface area (Å²) in [6, 6.07) is 8.37. The molecule has 2 N–H and O–H groups in total. The van der Waals surface area contributed by atoms with Crippen molar-refractivity contribution in [3.63, 3.8) is 0 Å². The number of carbonyl (C=O) groups is 1. The van der Waals surface area contributed by atoms with Crippen LogP contribution in [0.4, 0.5) is 10.5 Å². The number of urea groups is 1. The molecule has 0 aromatic heterocycles. The molecular weight excluding hydrogens is 292 g/mol. The largest absolute Gasteiger partial charge is 0.335 e. The molecule has 118 valence electrons. The maximum Gasteiger partial charge on any atom is 0.319 e. The first-order chi connectivity index (χ1) is 10.7. The topological polar surface area (TPSA) is 41.1 Å². The Bertz CT molecular complexity index is 546. The van der Waals surface area contributed by atoms with Crippen LogP contribution in [-0.2, 0) is 0 Å². The van der Waals surface area contributed by atoms with E-state index in [1.807, 2.05) is 30.5 Å². The number of anilines is 1. The van der Waals surface area contributed by atoms with Crippen LogP contribution < -0.4 is 10.6 Å². The molecule has 4 aliphatic carbocycles. The molecule has 4 bridgehead atoms. The van der Waals surface area contributed by atoms with Gasteiger partial charge < -0.3 is 10.6 Å². The van der Waals surface area contributed by atoms with Crippen molar-refractivity contribution in [2.75, 3.05) is 11.6 Å². The average Bonchev–Trinajstić information content (AvgIpc) is 2.51. The quantitative estimate of drug-likeness (QED) is 0.814. The maximum atomic E-state index is 12.4. The fourth-order valence-corrected chi connectivity index (χ4v) is 5.77. The molecular formula is C18H24N2OS. The monoisotopic (exact) mass is 316 g/mol. The van der Waals surface area contributed by atoms with E-state index in [-0.39, 0.29) is 6.03 Å². The summed E-state index contributed by atoms with van der Waals surface area (Å²) in [6.45, 7) is 0. The third-order valence-corrected chi connectivity index (χ3v) is 6.68. The SMILES string of the molecule is CSc1ccccc1NC(=O)NC1C2CC3CC(C2)CC1C3. The van der Waals surface area contributed by atoms with Crippen molar-refractivity contribution in [1.29, 1.82) is 0 Å². The summed E-state index contributed by atoms with van der Waals surface area (Å²) >= 11 is 1.66. The number of para-hydroxylation sites is 1. The molecule has 2 amide bonds. The van der Waals surface area contributed by atoms with Crippen molar-refractivity contribution in [3.8, 4) is 0 Å². The number of rotatable bonds is 3. The van der Waals surface area contributed by atoms with Crippen molar-refractivity contribution in [3.05, 3.63) is 24.3 Å². The van der Waals surface area contributed by atoms with Crippen LogP contribution in [0.3, 0.4) is 0 Å². The second kappa shape index (κ2) is 5.80. The van der Waals surface area contributed by atoms with Gasteiger partial charge >= 0.3 is 6.03 Å². The Kier molecular flexibility index (Phi) is 3.81. The van der Waals surface area contributed by atoms with Crippen LogP contribution in [0.5, 0.6) is 0 Å². The Morgan fingerprint density at radius 2 is 1.68 bits per heavy atom. The second-order valence-electron chi connectivity index (χ2n) is 7.26. The molecule has 0 heterocycles. The molecule has 0 aliphatic heterocycles. The van der Waals surface area contributed by atoms with Gasteiger partial charge in [-0.2, -0.15) is 0 Å². The minimum Gasteiger partial charge on any atom is -0.335 e. The minimum atomic E-state index is -0.0287. The Morgan fingerprint density at radius 3 is 2.32 bits per heavy atom. The van der Waals surface area contributed by atoms with Gasteiger partial charge in [0, 0.05) is 10.9 Å². The van der Waals surface area contributed by atoms with Gasteiger partial charge in [-0.1, -0.05) is 12.1 Å². The minimum absolute atomic E-state index is 0.0287. The van der Waals surface area contributed by atoms with Gasteiger partial charge in [0.05, 0.1) is 5.69 Å². The summed E-state index contributed by atoms with van der Waals surface area (Å²) in [5.41, 5.74) is 0.913. The second-order valence-corrected chi connectivity index (χ2v) is 8.10. The summed E-state index contributed by atoms with van der Waals surface area (Å²) in [5.74, 6) is 3.33. The van der Waals surface area contributed by atoms with E-state index in [9.17, 15) is 4.79 Å². The molecule has 22 heavy (non-hydrogen) atoms. The highest BCUT2D eigenvalue weighted by molar-refractivity contribution is 7.98. The fourth-order valence-electron chi connectivity index (χ4n) is 5.22. The van der Waals surface area contributed by atoms with Crippen molar-refractivity contribution in [2.24, 2.45) is 23.7 Å². The van der Waals surface area contributed by atoms with Gasteiger partial charge in [-0.05, 0) is 74.2 Å². The smallest absolute Gasteiger partial charge is 0.319 e. The molecule has 4 aliphatic rings. The molecule has 4 fully saturated rings. The van der Waals surface area contributed by atoms with Gasteiger partial charge in [0.1, 0.15) is 0 Å². The van der Waals surface area contributed by atoms with Gasteiger partial charge in [-0.3, -0.25) is 0 Å². The lowest BCUT2D eigenvalue weighted by molar-refractivity contribution is -0.00883. The van der Waals surface area contributed by atoms with E-state index < -0.39 is 0 Å². The van der Waals surface area contributed by atoms with E-state index in [4.69, 9.17) is 0 Å². The molecule has 1 aromatic rings. The Hall–Kier alpha value is -1.16. The first-order valence-corrected chi connectivity index (χ1v) is 9.66. The third kappa shape index (κ3) is 2.62. The molecule has 0 unspecified atom stereocenters. The van der Waals surface area contributed by atoms with E-state index in [2.05, 4.69) is 10.6 Å². The van der Waals surface area contributed by atoms with E-state index in [0.29, 0.717) is 6.04 Å². The number of thioether (sulfide) groups is 1. The zero-order chi connectivity index (χ0) is 15.1. The molecule has 4 saturated carbocycles. The highest BCUT2D eigenvalue weighted by Gasteiger charge is 2.48. The Balaban J connectivity index is 1.42. The molecule has 5 rings (SSSR count). The van der Waals surface area contributed by atoms with Crippen molar-refractivity contribution >= 4 is 23.5 Å². The van der Waals surface area contributed by atoms with Crippen LogP contribution in [-0.4, -0.2) is 18.3 Å². The highest BCUT2D eigenvalue weighted by atomic mass is 32.2. The molecule has 0 atom stereocenters. The van der Waals surface area contributed by atoms with Gasteiger partial charge in [0.25, 0.3) is 0 Å². The molecule has 4 heteroatoms. The molecule has 0 spiro atoms. The van der Waals surface area contributed by atoms with Gasteiger partial charge in [-0.25, -0.2) is 4.79 Å². The first kappa shape index (κ1) is 14.4. The van der Waals surface area contributed by atoms with E-state index in [0.717, 1.165) is 34.3 Å². The zero-order valence-electron chi connectivity index (χ0n) is 13.0. The Labute approximate surface area is 136 Å².